The fourth-order valence-electron chi connectivity index (χ4n) is 1.96. The lowest BCUT2D eigenvalue weighted by Gasteiger charge is -2.03. The Morgan fingerprint density at radius 2 is 2.00 bits per heavy atom. The fraction of sp³-hybridized carbons (Fsp3) is 0.143. The van der Waals surface area contributed by atoms with Gasteiger partial charge in [-0.05, 0) is 11.8 Å². The number of thiophene rings is 1. The minimum absolute atomic E-state index is 0.550. The van der Waals surface area contributed by atoms with Crippen LogP contribution in [0.1, 0.15) is 5.82 Å². The predicted molar refractivity (Wildman–Crippen MR) is 85.1 cm³/mol. The minimum Gasteiger partial charge on any atom is -0.221 e. The summed E-state index contributed by atoms with van der Waals surface area (Å²) in [6.07, 6.45) is 2.03. The Labute approximate surface area is 124 Å². The summed E-state index contributed by atoms with van der Waals surface area (Å²) < 4.78 is 0. The summed E-state index contributed by atoms with van der Waals surface area (Å²) in [4.78, 5) is 9.92. The summed E-state index contributed by atoms with van der Waals surface area (Å²) in [6, 6.07) is 10.2. The molecule has 0 fully saturated rings. The van der Waals surface area contributed by atoms with Crippen molar-refractivity contribution in [2.75, 3.05) is 6.26 Å². The maximum Gasteiger partial charge on any atom is 0.142 e. The lowest BCUT2D eigenvalue weighted by molar-refractivity contribution is 1.08. The molecule has 2 nitrogen and oxygen atoms in total. The minimum atomic E-state index is 0.550. The lowest BCUT2D eigenvalue weighted by atomic mass is 10.1. The first-order chi connectivity index (χ1) is 9.29. The number of hydrogen-bond acceptors (Lipinski definition) is 4. The van der Waals surface area contributed by atoms with Gasteiger partial charge in [0, 0.05) is 10.9 Å². The van der Waals surface area contributed by atoms with E-state index in [2.05, 4.69) is 27.5 Å². The number of nitrogens with zero attached hydrogens (tertiary/aromatic N) is 2. The molecule has 0 atom stereocenters. The van der Waals surface area contributed by atoms with Crippen molar-refractivity contribution in [2.45, 2.75) is 5.75 Å². The molecule has 0 radical (unpaired) electrons. The summed E-state index contributed by atoms with van der Waals surface area (Å²) >= 11 is 9.65. The summed E-state index contributed by atoms with van der Waals surface area (Å²) in [5, 5.41) is 3.61. The maximum absolute atomic E-state index is 6.34. The maximum atomic E-state index is 6.34. The van der Waals surface area contributed by atoms with Crippen LogP contribution in [0, 0.1) is 0 Å². The molecule has 19 heavy (non-hydrogen) atoms. The third kappa shape index (κ3) is 2.48. The van der Waals surface area contributed by atoms with Gasteiger partial charge >= 0.3 is 0 Å². The highest BCUT2D eigenvalue weighted by Gasteiger charge is 2.13. The Hall–Kier alpha value is -1.10. The van der Waals surface area contributed by atoms with Gasteiger partial charge in [-0.25, -0.2) is 9.97 Å². The average molecular weight is 307 g/mol. The predicted octanol–water partition coefficient (Wildman–Crippen LogP) is 4.87. The van der Waals surface area contributed by atoms with Gasteiger partial charge in [0.05, 0.1) is 11.1 Å². The van der Waals surface area contributed by atoms with Gasteiger partial charge in [0.1, 0.15) is 15.8 Å². The second-order valence-corrected chi connectivity index (χ2v) is 6.14. The Balaban J connectivity index is 2.19. The molecular formula is C14H11ClN2S2. The van der Waals surface area contributed by atoms with E-state index in [-0.39, 0.29) is 0 Å². The fourth-order valence-corrected chi connectivity index (χ4v) is 3.66. The molecule has 3 rings (SSSR count). The zero-order valence-corrected chi connectivity index (χ0v) is 12.6. The first-order valence-electron chi connectivity index (χ1n) is 5.77. The van der Waals surface area contributed by atoms with Crippen molar-refractivity contribution < 1.29 is 0 Å². The summed E-state index contributed by atoms with van der Waals surface area (Å²) in [5.74, 6) is 1.58. The number of fused-ring (bicyclic) bond motifs is 1. The molecule has 0 saturated heterocycles. The molecule has 0 aliphatic heterocycles. The molecule has 0 aliphatic carbocycles. The molecule has 0 amide bonds. The zero-order chi connectivity index (χ0) is 13.2. The summed E-state index contributed by atoms with van der Waals surface area (Å²) in [5.41, 5.74) is 2.26. The molecule has 0 bridgehead atoms. The number of benzene rings is 1. The van der Waals surface area contributed by atoms with Crippen molar-refractivity contribution in [3.8, 4) is 11.1 Å². The van der Waals surface area contributed by atoms with Crippen molar-refractivity contribution in [3.05, 3.63) is 46.7 Å². The van der Waals surface area contributed by atoms with Gasteiger partial charge in [-0.3, -0.25) is 0 Å². The molecule has 5 heteroatoms. The Kier molecular flexibility index (Phi) is 3.73. The van der Waals surface area contributed by atoms with Crippen LogP contribution >= 0.6 is 34.7 Å². The van der Waals surface area contributed by atoms with E-state index in [1.54, 1.807) is 23.1 Å². The van der Waals surface area contributed by atoms with Crippen LogP contribution in [0.5, 0.6) is 0 Å². The van der Waals surface area contributed by atoms with Gasteiger partial charge in [0.15, 0.2) is 0 Å². The van der Waals surface area contributed by atoms with Crippen molar-refractivity contribution in [3.63, 3.8) is 0 Å². The molecule has 0 saturated carbocycles. The van der Waals surface area contributed by atoms with Crippen LogP contribution in [0.4, 0.5) is 0 Å². The zero-order valence-electron chi connectivity index (χ0n) is 10.3. The SMILES string of the molecule is CSCc1nc(Cl)c2c(-c3ccccc3)csc2n1. The normalized spacial score (nSPS) is 11.1. The lowest BCUT2D eigenvalue weighted by Crippen LogP contribution is -1.93. The molecular weight excluding hydrogens is 296 g/mol. The standard InChI is InChI=1S/C14H11ClN2S2/c1-18-8-11-16-13(15)12-10(7-19-14(12)17-11)9-5-3-2-4-6-9/h2-7H,8H2,1H3. The van der Waals surface area contributed by atoms with Gasteiger partial charge in [0.2, 0.25) is 0 Å². The van der Waals surface area contributed by atoms with Crippen LogP contribution in [-0.4, -0.2) is 16.2 Å². The van der Waals surface area contributed by atoms with E-state index in [9.17, 15) is 0 Å². The molecule has 2 heterocycles. The van der Waals surface area contributed by atoms with Gasteiger partial charge < -0.3 is 0 Å². The second kappa shape index (κ2) is 5.49. The van der Waals surface area contributed by atoms with Crippen LogP contribution in [0.25, 0.3) is 21.3 Å². The number of thioether (sulfide) groups is 1. The van der Waals surface area contributed by atoms with Crippen LogP contribution in [-0.2, 0) is 5.75 Å². The highest BCUT2D eigenvalue weighted by molar-refractivity contribution is 7.97. The second-order valence-electron chi connectivity index (χ2n) is 4.06. The van der Waals surface area contributed by atoms with E-state index in [4.69, 9.17) is 11.6 Å². The largest absolute Gasteiger partial charge is 0.221 e. The van der Waals surface area contributed by atoms with E-state index in [1.165, 1.54) is 0 Å². The molecule has 0 aliphatic rings. The highest BCUT2D eigenvalue weighted by Crippen LogP contribution is 2.36. The monoisotopic (exact) mass is 306 g/mol. The van der Waals surface area contributed by atoms with Crippen molar-refractivity contribution in [1.82, 2.24) is 9.97 Å². The van der Waals surface area contributed by atoms with Crippen LogP contribution < -0.4 is 0 Å². The summed E-state index contributed by atoms with van der Waals surface area (Å²) in [7, 11) is 0. The van der Waals surface area contributed by atoms with Crippen molar-refractivity contribution >= 4 is 44.9 Å². The van der Waals surface area contributed by atoms with Crippen molar-refractivity contribution in [2.24, 2.45) is 0 Å². The molecule has 0 N–H and O–H groups in total. The number of aromatic nitrogens is 2. The van der Waals surface area contributed by atoms with E-state index >= 15 is 0 Å². The average Bonchev–Trinajstić information content (AvgIpc) is 2.84. The smallest absolute Gasteiger partial charge is 0.142 e. The third-order valence-corrected chi connectivity index (χ3v) is 4.49. The number of rotatable bonds is 3. The molecule has 0 spiro atoms. The van der Waals surface area contributed by atoms with Gasteiger partial charge in [0.25, 0.3) is 0 Å². The van der Waals surface area contributed by atoms with Crippen LogP contribution in [0.2, 0.25) is 5.15 Å². The third-order valence-electron chi connectivity index (χ3n) is 2.79. The van der Waals surface area contributed by atoms with Crippen molar-refractivity contribution in [1.29, 1.82) is 0 Å². The van der Waals surface area contributed by atoms with E-state index in [0.29, 0.717) is 5.15 Å². The molecule has 2 aromatic heterocycles. The topological polar surface area (TPSA) is 25.8 Å². The van der Waals surface area contributed by atoms with E-state index in [0.717, 1.165) is 32.9 Å². The van der Waals surface area contributed by atoms with Gasteiger partial charge in [-0.1, -0.05) is 41.9 Å². The van der Waals surface area contributed by atoms with E-state index in [1.807, 2.05) is 24.5 Å². The Morgan fingerprint density at radius 3 is 2.74 bits per heavy atom. The highest BCUT2D eigenvalue weighted by atomic mass is 35.5. The van der Waals surface area contributed by atoms with Gasteiger partial charge in [-0.15, -0.1) is 11.3 Å². The Morgan fingerprint density at radius 1 is 1.21 bits per heavy atom. The van der Waals surface area contributed by atoms with Crippen LogP contribution in [0.3, 0.4) is 0 Å². The number of hydrogen-bond donors (Lipinski definition) is 0. The quantitative estimate of drug-likeness (QED) is 0.645. The van der Waals surface area contributed by atoms with Crippen LogP contribution in [0.15, 0.2) is 35.7 Å². The first-order valence-corrected chi connectivity index (χ1v) is 8.42. The Bertz CT molecular complexity index is 710. The molecule has 0 unspecified atom stereocenters. The number of halogens is 1. The first kappa shape index (κ1) is 12.9. The van der Waals surface area contributed by atoms with E-state index < -0.39 is 0 Å². The molecule has 1 aromatic carbocycles. The molecule has 3 aromatic rings. The molecule has 96 valence electrons. The summed E-state index contributed by atoms with van der Waals surface area (Å²) in [6.45, 7) is 0. The van der Waals surface area contributed by atoms with Gasteiger partial charge in [-0.2, -0.15) is 11.8 Å².